The lowest BCUT2D eigenvalue weighted by Gasteiger charge is -2.16. The highest BCUT2D eigenvalue weighted by Crippen LogP contribution is 2.40. The Morgan fingerprint density at radius 2 is 2.00 bits per heavy atom. The Kier molecular flexibility index (Phi) is 3.67. The number of imidazole rings is 1. The third kappa shape index (κ3) is 2.53. The van der Waals surface area contributed by atoms with Gasteiger partial charge in [0.05, 0.1) is 11.2 Å². The number of aromatic nitrogens is 2. The minimum absolute atomic E-state index is 0.411. The number of nitrogens with two attached hydrogens (primary N) is 1. The average Bonchev–Trinajstić information content (AvgIpc) is 2.57. The van der Waals surface area contributed by atoms with Crippen LogP contribution in [0.3, 0.4) is 0 Å². The van der Waals surface area contributed by atoms with Crippen LogP contribution < -0.4 is 5.73 Å². The van der Waals surface area contributed by atoms with Gasteiger partial charge in [-0.3, -0.25) is 0 Å². The summed E-state index contributed by atoms with van der Waals surface area (Å²) in [7, 11) is 0. The van der Waals surface area contributed by atoms with E-state index in [9.17, 15) is 0 Å². The molecule has 0 bridgehead atoms. The highest BCUT2D eigenvalue weighted by Gasteiger charge is 2.31. The van der Waals surface area contributed by atoms with Crippen molar-refractivity contribution >= 4 is 51.5 Å². The minimum Gasteiger partial charge on any atom is -0.397 e. The maximum absolute atomic E-state index is 5.98. The molecule has 0 unspecified atom stereocenters. The molecule has 18 heavy (non-hydrogen) atoms. The van der Waals surface area contributed by atoms with Crippen LogP contribution in [-0.4, -0.2) is 9.55 Å². The lowest BCUT2D eigenvalue weighted by Crippen LogP contribution is -2.14. The number of anilines is 1. The molecule has 0 atom stereocenters. The molecular formula is C12H14Cl3N3. The number of benzene rings is 1. The van der Waals surface area contributed by atoms with Crippen molar-refractivity contribution in [2.45, 2.75) is 24.2 Å². The molecule has 2 N–H and O–H groups in total. The minimum atomic E-state index is -1.56. The maximum atomic E-state index is 5.98. The fourth-order valence-electron chi connectivity index (χ4n) is 1.94. The summed E-state index contributed by atoms with van der Waals surface area (Å²) in [6, 6.07) is 5.59. The molecule has 0 saturated carbocycles. The molecule has 98 valence electrons. The quantitative estimate of drug-likeness (QED) is 0.670. The van der Waals surface area contributed by atoms with E-state index in [-0.39, 0.29) is 0 Å². The summed E-state index contributed by atoms with van der Waals surface area (Å²) < 4.78 is 0.365. The van der Waals surface area contributed by atoms with Crippen LogP contribution in [0.15, 0.2) is 18.2 Å². The molecule has 0 fully saturated rings. The second-order valence-corrected chi connectivity index (χ2v) is 6.93. The van der Waals surface area contributed by atoms with Crippen molar-refractivity contribution in [3.05, 3.63) is 24.0 Å². The van der Waals surface area contributed by atoms with E-state index in [0.29, 0.717) is 22.9 Å². The molecule has 0 aliphatic heterocycles. The molecule has 2 aromatic rings. The van der Waals surface area contributed by atoms with Gasteiger partial charge in [-0.25, -0.2) is 4.98 Å². The van der Waals surface area contributed by atoms with Gasteiger partial charge in [0, 0.05) is 6.54 Å². The Morgan fingerprint density at radius 1 is 1.33 bits per heavy atom. The van der Waals surface area contributed by atoms with Crippen molar-refractivity contribution in [2.24, 2.45) is 5.92 Å². The summed E-state index contributed by atoms with van der Waals surface area (Å²) in [6.07, 6.45) is 0. The Morgan fingerprint density at radius 3 is 2.56 bits per heavy atom. The molecule has 0 aliphatic carbocycles. The molecule has 0 spiro atoms. The van der Waals surface area contributed by atoms with E-state index in [1.807, 2.05) is 16.7 Å². The predicted octanol–water partition coefficient (Wildman–Crippen LogP) is 4.10. The van der Waals surface area contributed by atoms with Crippen LogP contribution in [0.1, 0.15) is 19.7 Å². The van der Waals surface area contributed by atoms with E-state index in [1.165, 1.54) is 0 Å². The first-order valence-electron chi connectivity index (χ1n) is 5.62. The molecule has 1 heterocycles. The van der Waals surface area contributed by atoms with Gasteiger partial charge >= 0.3 is 0 Å². The van der Waals surface area contributed by atoms with Crippen LogP contribution in [0.2, 0.25) is 0 Å². The molecule has 0 saturated heterocycles. The van der Waals surface area contributed by atoms with Gasteiger partial charge in [-0.15, -0.1) is 0 Å². The fraction of sp³-hybridized carbons (Fsp3) is 0.417. The summed E-state index contributed by atoms with van der Waals surface area (Å²) in [4.78, 5) is 4.38. The monoisotopic (exact) mass is 305 g/mol. The summed E-state index contributed by atoms with van der Waals surface area (Å²) in [5.74, 6) is 0.823. The van der Waals surface area contributed by atoms with Crippen LogP contribution in [-0.2, 0) is 10.3 Å². The summed E-state index contributed by atoms with van der Waals surface area (Å²) in [6.45, 7) is 4.92. The third-order valence-electron chi connectivity index (χ3n) is 2.61. The topological polar surface area (TPSA) is 43.8 Å². The Labute approximate surface area is 121 Å². The lowest BCUT2D eigenvalue weighted by atomic mass is 10.2. The second-order valence-electron chi connectivity index (χ2n) is 4.65. The van der Waals surface area contributed by atoms with Gasteiger partial charge in [0.15, 0.2) is 5.82 Å². The van der Waals surface area contributed by atoms with Crippen molar-refractivity contribution in [1.82, 2.24) is 9.55 Å². The highest BCUT2D eigenvalue weighted by atomic mass is 35.6. The van der Waals surface area contributed by atoms with Gasteiger partial charge in [0.2, 0.25) is 3.79 Å². The molecular weight excluding hydrogens is 293 g/mol. The number of halogens is 3. The molecule has 6 heteroatoms. The molecule has 2 rings (SSSR count). The van der Waals surface area contributed by atoms with Gasteiger partial charge in [0.25, 0.3) is 0 Å². The molecule has 1 aromatic carbocycles. The lowest BCUT2D eigenvalue weighted by molar-refractivity contribution is 0.519. The van der Waals surface area contributed by atoms with Gasteiger partial charge in [0.1, 0.15) is 5.52 Å². The van der Waals surface area contributed by atoms with Gasteiger partial charge in [-0.05, 0) is 18.1 Å². The van der Waals surface area contributed by atoms with Crippen LogP contribution in [0, 0.1) is 5.92 Å². The zero-order valence-electron chi connectivity index (χ0n) is 10.1. The third-order valence-corrected chi connectivity index (χ3v) is 3.12. The summed E-state index contributed by atoms with van der Waals surface area (Å²) in [5.41, 5.74) is 8.07. The smallest absolute Gasteiger partial charge is 0.248 e. The van der Waals surface area contributed by atoms with Crippen molar-refractivity contribution in [3.63, 3.8) is 0 Å². The number of para-hydroxylation sites is 1. The Bertz CT molecular complexity index is 570. The Balaban J connectivity index is 2.72. The number of hydrogen-bond acceptors (Lipinski definition) is 2. The summed E-state index contributed by atoms with van der Waals surface area (Å²) in [5, 5.41) is 0. The average molecular weight is 307 g/mol. The number of rotatable bonds is 2. The predicted molar refractivity (Wildman–Crippen MR) is 78.2 cm³/mol. The van der Waals surface area contributed by atoms with E-state index in [2.05, 4.69) is 18.8 Å². The van der Waals surface area contributed by atoms with E-state index < -0.39 is 3.79 Å². The van der Waals surface area contributed by atoms with Gasteiger partial charge in [-0.1, -0.05) is 54.7 Å². The van der Waals surface area contributed by atoms with Crippen molar-refractivity contribution in [3.8, 4) is 0 Å². The SMILES string of the molecule is CC(C)Cn1c(C(Cl)(Cl)Cl)nc2c(N)cccc21. The van der Waals surface area contributed by atoms with E-state index >= 15 is 0 Å². The second kappa shape index (κ2) is 4.80. The van der Waals surface area contributed by atoms with Gasteiger partial charge < -0.3 is 10.3 Å². The van der Waals surface area contributed by atoms with Crippen molar-refractivity contribution < 1.29 is 0 Å². The fourth-order valence-corrected chi connectivity index (χ4v) is 2.37. The van der Waals surface area contributed by atoms with Crippen molar-refractivity contribution in [2.75, 3.05) is 5.73 Å². The zero-order chi connectivity index (χ0) is 13.5. The van der Waals surface area contributed by atoms with Crippen molar-refractivity contribution in [1.29, 1.82) is 0 Å². The molecule has 3 nitrogen and oxygen atoms in total. The number of nitrogens with zero attached hydrogens (tertiary/aromatic N) is 2. The molecule has 0 amide bonds. The van der Waals surface area contributed by atoms with Gasteiger partial charge in [-0.2, -0.15) is 0 Å². The number of nitrogen functional groups attached to an aromatic ring is 1. The molecule has 0 aliphatic rings. The molecule has 1 aromatic heterocycles. The maximum Gasteiger partial charge on any atom is 0.248 e. The number of hydrogen-bond donors (Lipinski definition) is 1. The Hall–Kier alpha value is -0.640. The zero-order valence-corrected chi connectivity index (χ0v) is 12.4. The van der Waals surface area contributed by atoms with E-state index in [0.717, 1.165) is 12.1 Å². The number of alkyl halides is 3. The standard InChI is InChI=1S/C12H14Cl3N3/c1-7(2)6-18-9-5-3-4-8(16)10(9)17-11(18)12(13,14)15/h3-5,7H,6,16H2,1-2H3. The molecule has 0 radical (unpaired) electrons. The van der Waals surface area contributed by atoms with Crippen LogP contribution in [0.5, 0.6) is 0 Å². The highest BCUT2D eigenvalue weighted by molar-refractivity contribution is 6.66. The first kappa shape index (κ1) is 13.8. The van der Waals surface area contributed by atoms with E-state index in [4.69, 9.17) is 40.5 Å². The normalized spacial score (nSPS) is 12.6. The van der Waals surface area contributed by atoms with Crippen LogP contribution in [0.25, 0.3) is 11.0 Å². The summed E-state index contributed by atoms with van der Waals surface area (Å²) >= 11 is 17.9. The largest absolute Gasteiger partial charge is 0.397 e. The van der Waals surface area contributed by atoms with Crippen LogP contribution in [0.4, 0.5) is 5.69 Å². The first-order valence-corrected chi connectivity index (χ1v) is 6.76. The van der Waals surface area contributed by atoms with E-state index in [1.54, 1.807) is 6.07 Å². The number of fused-ring (bicyclic) bond motifs is 1. The van der Waals surface area contributed by atoms with Crippen LogP contribution >= 0.6 is 34.8 Å². The first-order chi connectivity index (χ1) is 8.30.